The predicted octanol–water partition coefficient (Wildman–Crippen LogP) is 2.60. The number of likely N-dealkylation sites (N-methyl/N-ethyl adjacent to an activating group) is 2. The lowest BCUT2D eigenvalue weighted by Gasteiger charge is -2.40. The summed E-state index contributed by atoms with van der Waals surface area (Å²) in [6.45, 7) is 8.40. The molecule has 0 saturated carbocycles. The van der Waals surface area contributed by atoms with Crippen molar-refractivity contribution in [1.82, 2.24) is 25.3 Å². The van der Waals surface area contributed by atoms with Crippen molar-refractivity contribution in [1.29, 1.82) is 0 Å². The molecule has 7 heteroatoms. The van der Waals surface area contributed by atoms with E-state index in [0.717, 1.165) is 45.2 Å². The zero-order chi connectivity index (χ0) is 20.9. The molecule has 3 atom stereocenters. The van der Waals surface area contributed by atoms with E-state index < -0.39 is 0 Å². The van der Waals surface area contributed by atoms with Crippen molar-refractivity contribution in [2.45, 2.75) is 63.3 Å². The maximum atomic E-state index is 4.99. The van der Waals surface area contributed by atoms with Gasteiger partial charge in [0.05, 0.1) is 6.54 Å². The first-order chi connectivity index (χ1) is 14.6. The lowest BCUT2D eigenvalue weighted by molar-refractivity contribution is 0.114. The Labute approximate surface area is 205 Å². The standard InChI is InChI=1S/C24H40N6.HI/c1-4-25-24(26-16-23-18-28(2)12-13-29(23)3)27-20-14-21-10-11-22(15-20)30(21)17-19-8-6-5-7-9-19;/h5-9,20-23H,4,10-18H2,1-3H3,(H2,25,26,27);1H. The van der Waals surface area contributed by atoms with Crippen LogP contribution < -0.4 is 10.6 Å². The van der Waals surface area contributed by atoms with Crippen molar-refractivity contribution in [3.05, 3.63) is 35.9 Å². The average Bonchev–Trinajstić information content (AvgIpc) is 2.97. The molecule has 0 radical (unpaired) electrons. The Kier molecular flexibility index (Phi) is 9.43. The maximum absolute atomic E-state index is 4.99. The van der Waals surface area contributed by atoms with Crippen molar-refractivity contribution < 1.29 is 0 Å². The van der Waals surface area contributed by atoms with E-state index >= 15 is 0 Å². The molecular formula is C24H41IN6. The van der Waals surface area contributed by atoms with Gasteiger partial charge in [-0.3, -0.25) is 14.8 Å². The quantitative estimate of drug-likeness (QED) is 0.330. The number of benzene rings is 1. The van der Waals surface area contributed by atoms with Gasteiger partial charge in [-0.15, -0.1) is 24.0 Å². The molecule has 0 aliphatic carbocycles. The molecule has 0 spiro atoms. The molecule has 3 aliphatic heterocycles. The lowest BCUT2D eigenvalue weighted by Crippen LogP contribution is -2.53. The van der Waals surface area contributed by atoms with Gasteiger partial charge in [-0.1, -0.05) is 30.3 Å². The van der Waals surface area contributed by atoms with E-state index in [9.17, 15) is 0 Å². The largest absolute Gasteiger partial charge is 0.357 e. The summed E-state index contributed by atoms with van der Waals surface area (Å²) in [6.07, 6.45) is 5.12. The Hall–Kier alpha value is -0.900. The first kappa shape index (κ1) is 24.7. The van der Waals surface area contributed by atoms with Crippen molar-refractivity contribution in [2.75, 3.05) is 46.8 Å². The normalized spacial score (nSPS) is 30.1. The summed E-state index contributed by atoms with van der Waals surface area (Å²) in [5.74, 6) is 1.00. The second kappa shape index (κ2) is 11.8. The molecule has 3 fully saturated rings. The molecule has 3 heterocycles. The number of aliphatic imine (C=N–C) groups is 1. The molecule has 1 aromatic rings. The van der Waals surface area contributed by atoms with Crippen LogP contribution in [0.25, 0.3) is 0 Å². The van der Waals surface area contributed by atoms with Crippen molar-refractivity contribution in [3.8, 4) is 0 Å². The summed E-state index contributed by atoms with van der Waals surface area (Å²) in [5, 5.41) is 7.28. The molecule has 1 aromatic carbocycles. The van der Waals surface area contributed by atoms with Gasteiger partial charge in [0.1, 0.15) is 0 Å². The Morgan fingerprint density at radius 3 is 2.45 bits per heavy atom. The van der Waals surface area contributed by atoms with Gasteiger partial charge in [-0.05, 0) is 52.3 Å². The maximum Gasteiger partial charge on any atom is 0.191 e. The second-order valence-corrected chi connectivity index (χ2v) is 9.47. The number of piperidine rings is 1. The number of guanidine groups is 1. The third-order valence-electron chi connectivity index (χ3n) is 7.22. The molecule has 6 nitrogen and oxygen atoms in total. The van der Waals surface area contributed by atoms with Crippen LogP contribution in [0.3, 0.4) is 0 Å². The molecule has 2 bridgehead atoms. The third kappa shape index (κ3) is 6.55. The topological polar surface area (TPSA) is 46.1 Å². The summed E-state index contributed by atoms with van der Waals surface area (Å²) in [6, 6.07) is 13.4. The Morgan fingerprint density at radius 2 is 1.77 bits per heavy atom. The van der Waals surface area contributed by atoms with Gasteiger partial charge < -0.3 is 15.5 Å². The molecule has 3 unspecified atom stereocenters. The van der Waals surface area contributed by atoms with E-state index in [1.165, 1.54) is 31.2 Å². The molecule has 0 aromatic heterocycles. The number of nitrogens with zero attached hydrogens (tertiary/aromatic N) is 4. The monoisotopic (exact) mass is 540 g/mol. The van der Waals surface area contributed by atoms with Crippen LogP contribution in [-0.4, -0.2) is 91.6 Å². The molecular weight excluding hydrogens is 499 g/mol. The first-order valence-electron chi connectivity index (χ1n) is 11.9. The van der Waals surface area contributed by atoms with Gasteiger partial charge in [0, 0.05) is 56.9 Å². The number of piperazine rings is 1. The van der Waals surface area contributed by atoms with E-state index in [2.05, 4.69) is 76.7 Å². The molecule has 4 rings (SSSR count). The highest BCUT2D eigenvalue weighted by molar-refractivity contribution is 14.0. The third-order valence-corrected chi connectivity index (χ3v) is 7.22. The molecule has 0 amide bonds. The molecule has 2 N–H and O–H groups in total. The second-order valence-electron chi connectivity index (χ2n) is 9.47. The summed E-state index contributed by atoms with van der Waals surface area (Å²) in [5.41, 5.74) is 1.44. The van der Waals surface area contributed by atoms with Gasteiger partial charge in [0.15, 0.2) is 5.96 Å². The van der Waals surface area contributed by atoms with Crippen molar-refractivity contribution in [3.63, 3.8) is 0 Å². The van der Waals surface area contributed by atoms with E-state index in [0.29, 0.717) is 24.2 Å². The zero-order valence-electron chi connectivity index (χ0n) is 19.5. The summed E-state index contributed by atoms with van der Waals surface area (Å²) >= 11 is 0. The summed E-state index contributed by atoms with van der Waals surface area (Å²) < 4.78 is 0. The highest BCUT2D eigenvalue weighted by atomic mass is 127. The predicted molar refractivity (Wildman–Crippen MR) is 140 cm³/mol. The number of nitrogens with one attached hydrogen (secondary N) is 2. The van der Waals surface area contributed by atoms with Crippen molar-refractivity contribution in [2.24, 2.45) is 4.99 Å². The Morgan fingerprint density at radius 1 is 1.06 bits per heavy atom. The fraction of sp³-hybridized carbons (Fsp3) is 0.708. The van der Waals surface area contributed by atoms with Crippen LogP contribution in [0.2, 0.25) is 0 Å². The van der Waals surface area contributed by atoms with Crippen LogP contribution in [0.5, 0.6) is 0 Å². The zero-order valence-corrected chi connectivity index (χ0v) is 21.8. The molecule has 31 heavy (non-hydrogen) atoms. The summed E-state index contributed by atoms with van der Waals surface area (Å²) in [7, 11) is 4.44. The number of hydrogen-bond donors (Lipinski definition) is 2. The fourth-order valence-corrected chi connectivity index (χ4v) is 5.45. The minimum Gasteiger partial charge on any atom is -0.357 e. The Bertz CT molecular complexity index is 685. The molecule has 3 saturated heterocycles. The highest BCUT2D eigenvalue weighted by Crippen LogP contribution is 2.36. The summed E-state index contributed by atoms with van der Waals surface area (Å²) in [4.78, 5) is 12.6. The molecule has 174 valence electrons. The number of halogens is 1. The Balaban J connectivity index is 0.00000272. The van der Waals surface area contributed by atoms with Gasteiger partial charge in [-0.2, -0.15) is 0 Å². The van der Waals surface area contributed by atoms with Crippen LogP contribution in [0.4, 0.5) is 0 Å². The van der Waals surface area contributed by atoms with Crippen LogP contribution in [0, 0.1) is 0 Å². The fourth-order valence-electron chi connectivity index (χ4n) is 5.45. The van der Waals surface area contributed by atoms with E-state index in [1.54, 1.807) is 0 Å². The number of fused-ring (bicyclic) bond motifs is 2. The van der Waals surface area contributed by atoms with E-state index in [1.807, 2.05) is 0 Å². The van der Waals surface area contributed by atoms with E-state index in [4.69, 9.17) is 4.99 Å². The molecule has 3 aliphatic rings. The number of hydrogen-bond acceptors (Lipinski definition) is 4. The minimum absolute atomic E-state index is 0. The highest BCUT2D eigenvalue weighted by Gasteiger charge is 2.40. The van der Waals surface area contributed by atoms with Crippen LogP contribution in [0.1, 0.15) is 38.2 Å². The van der Waals surface area contributed by atoms with Crippen molar-refractivity contribution >= 4 is 29.9 Å². The lowest BCUT2D eigenvalue weighted by atomic mass is 9.96. The van der Waals surface area contributed by atoms with Gasteiger partial charge in [0.2, 0.25) is 0 Å². The van der Waals surface area contributed by atoms with Crippen LogP contribution in [0.15, 0.2) is 35.3 Å². The van der Waals surface area contributed by atoms with Crippen LogP contribution in [-0.2, 0) is 6.54 Å². The minimum atomic E-state index is 0. The van der Waals surface area contributed by atoms with Gasteiger partial charge in [-0.25, -0.2) is 0 Å². The van der Waals surface area contributed by atoms with Crippen LogP contribution >= 0.6 is 24.0 Å². The smallest absolute Gasteiger partial charge is 0.191 e. The van der Waals surface area contributed by atoms with Gasteiger partial charge >= 0.3 is 0 Å². The first-order valence-corrected chi connectivity index (χ1v) is 11.9. The van der Waals surface area contributed by atoms with E-state index in [-0.39, 0.29) is 24.0 Å². The van der Waals surface area contributed by atoms with Gasteiger partial charge in [0.25, 0.3) is 0 Å². The average molecular weight is 541 g/mol. The SMILES string of the molecule is CCNC(=NCC1CN(C)CCN1C)NC1CC2CCC(C1)N2Cc1ccccc1.I. The number of rotatable bonds is 6.